The molecule has 0 saturated carbocycles. The first-order chi connectivity index (χ1) is 5.69. The Bertz CT molecular complexity index is 256. The molecule has 2 heteroatoms. The Labute approximate surface area is 90.6 Å². The Morgan fingerprint density at radius 1 is 1.00 bits per heavy atom. The second-order valence-corrected chi connectivity index (χ2v) is 4.10. The third-order valence-corrected chi connectivity index (χ3v) is 3.25. The summed E-state index contributed by atoms with van der Waals surface area (Å²) >= 11 is 6.95. The number of aryl methyl sites for hydroxylation is 2. The number of hydrogen-bond donors (Lipinski definition) is 0. The molecule has 0 atom stereocenters. The second kappa shape index (κ2) is 4.43. The monoisotopic (exact) mass is 290 g/mol. The summed E-state index contributed by atoms with van der Waals surface area (Å²) in [5.41, 5.74) is 5.53. The fraction of sp³-hybridized carbons (Fsp3) is 0.400. The summed E-state index contributed by atoms with van der Waals surface area (Å²) < 4.78 is 0. The fourth-order valence-corrected chi connectivity index (χ4v) is 2.58. The summed E-state index contributed by atoms with van der Waals surface area (Å²) in [6, 6.07) is 4.47. The number of benzene rings is 1. The maximum Gasteiger partial charge on any atom is 0.0288 e. The van der Waals surface area contributed by atoms with Crippen LogP contribution in [0.1, 0.15) is 22.3 Å². The first-order valence-corrected chi connectivity index (χ1v) is 6.14. The number of alkyl halides is 2. The van der Waals surface area contributed by atoms with Gasteiger partial charge in [0.25, 0.3) is 0 Å². The lowest BCUT2D eigenvalue weighted by Gasteiger charge is -2.08. The molecule has 1 rings (SSSR count). The molecule has 0 fully saturated rings. The highest BCUT2D eigenvalue weighted by molar-refractivity contribution is 9.08. The lowest BCUT2D eigenvalue weighted by molar-refractivity contribution is 1.22. The molecule has 12 heavy (non-hydrogen) atoms. The maximum absolute atomic E-state index is 3.49. The molecular formula is C10H12Br2. The van der Waals surface area contributed by atoms with Crippen LogP contribution in [-0.2, 0) is 10.7 Å². The third kappa shape index (κ3) is 2.11. The summed E-state index contributed by atoms with van der Waals surface area (Å²) in [5, 5.41) is 1.89. The van der Waals surface area contributed by atoms with Crippen molar-refractivity contribution in [2.24, 2.45) is 0 Å². The van der Waals surface area contributed by atoms with Gasteiger partial charge in [0, 0.05) is 10.7 Å². The van der Waals surface area contributed by atoms with E-state index in [0.29, 0.717) is 0 Å². The van der Waals surface area contributed by atoms with Crippen LogP contribution < -0.4 is 0 Å². The van der Waals surface area contributed by atoms with Gasteiger partial charge in [0.05, 0.1) is 0 Å². The zero-order valence-corrected chi connectivity index (χ0v) is 10.5. The van der Waals surface area contributed by atoms with E-state index in [4.69, 9.17) is 0 Å². The van der Waals surface area contributed by atoms with Crippen molar-refractivity contribution in [3.8, 4) is 0 Å². The minimum absolute atomic E-state index is 0.942. The molecule has 0 amide bonds. The summed E-state index contributed by atoms with van der Waals surface area (Å²) in [4.78, 5) is 0. The van der Waals surface area contributed by atoms with Crippen LogP contribution in [0.3, 0.4) is 0 Å². The van der Waals surface area contributed by atoms with Crippen LogP contribution in [0.4, 0.5) is 0 Å². The lowest BCUT2D eigenvalue weighted by Crippen LogP contribution is -1.92. The van der Waals surface area contributed by atoms with Gasteiger partial charge in [-0.3, -0.25) is 0 Å². The van der Waals surface area contributed by atoms with Gasteiger partial charge in [0.15, 0.2) is 0 Å². The van der Waals surface area contributed by atoms with Gasteiger partial charge in [-0.05, 0) is 36.1 Å². The van der Waals surface area contributed by atoms with Crippen molar-refractivity contribution >= 4 is 31.9 Å². The van der Waals surface area contributed by atoms with Crippen LogP contribution in [0.15, 0.2) is 12.1 Å². The molecule has 0 aliphatic rings. The molecule has 0 radical (unpaired) electrons. The van der Waals surface area contributed by atoms with Crippen molar-refractivity contribution < 1.29 is 0 Å². The Morgan fingerprint density at radius 3 is 1.83 bits per heavy atom. The fourth-order valence-electron chi connectivity index (χ4n) is 1.37. The van der Waals surface area contributed by atoms with Crippen molar-refractivity contribution in [2.75, 3.05) is 0 Å². The van der Waals surface area contributed by atoms with E-state index in [1.54, 1.807) is 0 Å². The Morgan fingerprint density at radius 2 is 1.50 bits per heavy atom. The molecule has 0 aliphatic carbocycles. The quantitative estimate of drug-likeness (QED) is 0.720. The molecule has 0 unspecified atom stereocenters. The van der Waals surface area contributed by atoms with Gasteiger partial charge in [-0.15, -0.1) is 0 Å². The van der Waals surface area contributed by atoms with E-state index >= 15 is 0 Å². The van der Waals surface area contributed by atoms with Crippen molar-refractivity contribution in [3.05, 3.63) is 34.4 Å². The standard InChI is InChI=1S/C10H12Br2/c1-7-3-9(5-11)4-8(2)10(7)6-12/h3-4H,5-6H2,1-2H3. The second-order valence-electron chi connectivity index (χ2n) is 2.98. The first-order valence-electron chi connectivity index (χ1n) is 3.90. The van der Waals surface area contributed by atoms with Crippen molar-refractivity contribution in [2.45, 2.75) is 24.5 Å². The molecule has 0 saturated heterocycles. The van der Waals surface area contributed by atoms with Crippen LogP contribution in [0.25, 0.3) is 0 Å². The number of rotatable bonds is 2. The van der Waals surface area contributed by atoms with Crippen LogP contribution in [-0.4, -0.2) is 0 Å². The van der Waals surface area contributed by atoms with E-state index in [9.17, 15) is 0 Å². The normalized spacial score (nSPS) is 10.3. The molecule has 66 valence electrons. The highest BCUT2D eigenvalue weighted by Gasteiger charge is 2.02. The molecule has 0 bridgehead atoms. The minimum Gasteiger partial charge on any atom is -0.0876 e. The first kappa shape index (κ1) is 10.3. The smallest absolute Gasteiger partial charge is 0.0288 e. The third-order valence-electron chi connectivity index (χ3n) is 2.04. The molecule has 1 aromatic carbocycles. The highest BCUT2D eigenvalue weighted by atomic mass is 79.9. The van der Waals surface area contributed by atoms with E-state index in [1.165, 1.54) is 22.3 Å². The number of halogens is 2. The Hall–Kier alpha value is 0.180. The average Bonchev–Trinajstić information content (AvgIpc) is 2.03. The Kier molecular flexibility index (Phi) is 3.78. The molecule has 1 aromatic rings. The van der Waals surface area contributed by atoms with Gasteiger partial charge in [0.2, 0.25) is 0 Å². The largest absolute Gasteiger partial charge is 0.0876 e. The topological polar surface area (TPSA) is 0 Å². The van der Waals surface area contributed by atoms with Gasteiger partial charge in [-0.2, -0.15) is 0 Å². The molecule has 0 N–H and O–H groups in total. The van der Waals surface area contributed by atoms with E-state index < -0.39 is 0 Å². The van der Waals surface area contributed by atoms with Crippen molar-refractivity contribution in [3.63, 3.8) is 0 Å². The summed E-state index contributed by atoms with van der Waals surface area (Å²) in [6.07, 6.45) is 0. The molecule has 0 aliphatic heterocycles. The van der Waals surface area contributed by atoms with E-state index in [2.05, 4.69) is 57.8 Å². The van der Waals surface area contributed by atoms with Gasteiger partial charge in [-0.25, -0.2) is 0 Å². The summed E-state index contributed by atoms with van der Waals surface area (Å²) in [5.74, 6) is 0. The van der Waals surface area contributed by atoms with E-state index in [1.807, 2.05) is 0 Å². The predicted octanol–water partition coefficient (Wildman–Crippen LogP) is 4.09. The zero-order valence-electron chi connectivity index (χ0n) is 7.32. The molecule has 0 spiro atoms. The van der Waals surface area contributed by atoms with Gasteiger partial charge in [-0.1, -0.05) is 44.0 Å². The highest BCUT2D eigenvalue weighted by Crippen LogP contribution is 2.20. The molecule has 0 nitrogen and oxygen atoms in total. The zero-order chi connectivity index (χ0) is 9.14. The molecular weight excluding hydrogens is 280 g/mol. The van der Waals surface area contributed by atoms with Gasteiger partial charge >= 0.3 is 0 Å². The SMILES string of the molecule is Cc1cc(CBr)cc(C)c1CBr. The van der Waals surface area contributed by atoms with Gasteiger partial charge in [0.1, 0.15) is 0 Å². The van der Waals surface area contributed by atoms with E-state index in [-0.39, 0.29) is 0 Å². The maximum atomic E-state index is 3.49. The minimum atomic E-state index is 0.942. The van der Waals surface area contributed by atoms with Crippen molar-refractivity contribution in [1.29, 1.82) is 0 Å². The van der Waals surface area contributed by atoms with Crippen LogP contribution in [0.5, 0.6) is 0 Å². The predicted molar refractivity (Wildman–Crippen MR) is 61.2 cm³/mol. The van der Waals surface area contributed by atoms with Crippen LogP contribution in [0.2, 0.25) is 0 Å². The van der Waals surface area contributed by atoms with E-state index in [0.717, 1.165) is 10.7 Å². The average molecular weight is 292 g/mol. The van der Waals surface area contributed by atoms with Crippen LogP contribution in [0, 0.1) is 13.8 Å². The number of hydrogen-bond acceptors (Lipinski definition) is 0. The van der Waals surface area contributed by atoms with Gasteiger partial charge < -0.3 is 0 Å². The summed E-state index contributed by atoms with van der Waals surface area (Å²) in [7, 11) is 0. The molecule has 0 aromatic heterocycles. The molecule has 0 heterocycles. The lowest BCUT2D eigenvalue weighted by atomic mass is 10.0. The van der Waals surface area contributed by atoms with Crippen LogP contribution >= 0.6 is 31.9 Å². The Balaban J connectivity index is 3.18. The van der Waals surface area contributed by atoms with Crippen molar-refractivity contribution in [1.82, 2.24) is 0 Å². The summed E-state index contributed by atoms with van der Waals surface area (Å²) in [6.45, 7) is 4.32.